The van der Waals surface area contributed by atoms with Gasteiger partial charge in [-0.25, -0.2) is 0 Å². The summed E-state index contributed by atoms with van der Waals surface area (Å²) >= 11 is 0. The summed E-state index contributed by atoms with van der Waals surface area (Å²) in [5, 5.41) is 10.8. The Morgan fingerprint density at radius 1 is 1.40 bits per heavy atom. The van der Waals surface area contributed by atoms with Gasteiger partial charge in [-0.05, 0) is 31.9 Å². The van der Waals surface area contributed by atoms with Gasteiger partial charge in [0, 0.05) is 18.1 Å². The third-order valence-corrected chi connectivity index (χ3v) is 3.78. The van der Waals surface area contributed by atoms with Crippen LogP contribution in [0.4, 0.5) is 5.69 Å². The van der Waals surface area contributed by atoms with Crippen molar-refractivity contribution < 1.29 is 14.4 Å². The fourth-order valence-corrected chi connectivity index (χ4v) is 2.66. The van der Waals surface area contributed by atoms with Crippen LogP contribution in [0.1, 0.15) is 25.7 Å². The van der Waals surface area contributed by atoms with Crippen LogP contribution in [0.15, 0.2) is 18.2 Å². The standard InChI is InChI=1S/C14H20N2O4/c1-19-14-8-11(6-7-12(14)16(17)18)20-13-5-3-2-4-10(13)9-15/h6-8,10,13H,2-5,9,15H2,1H3. The molecule has 6 nitrogen and oxygen atoms in total. The molecule has 1 saturated carbocycles. The number of benzene rings is 1. The molecule has 0 radical (unpaired) electrons. The number of rotatable bonds is 5. The minimum atomic E-state index is -0.466. The molecule has 2 unspecified atom stereocenters. The highest BCUT2D eigenvalue weighted by Crippen LogP contribution is 2.33. The lowest BCUT2D eigenvalue weighted by Gasteiger charge is -2.31. The minimum Gasteiger partial charge on any atom is -0.490 e. The van der Waals surface area contributed by atoms with E-state index in [9.17, 15) is 10.1 Å². The van der Waals surface area contributed by atoms with Crippen molar-refractivity contribution in [2.75, 3.05) is 13.7 Å². The molecular formula is C14H20N2O4. The van der Waals surface area contributed by atoms with E-state index in [1.54, 1.807) is 12.1 Å². The smallest absolute Gasteiger partial charge is 0.311 e. The van der Waals surface area contributed by atoms with Crippen molar-refractivity contribution in [3.8, 4) is 11.5 Å². The first kappa shape index (κ1) is 14.6. The van der Waals surface area contributed by atoms with Crippen molar-refractivity contribution in [1.82, 2.24) is 0 Å². The van der Waals surface area contributed by atoms with Gasteiger partial charge < -0.3 is 15.2 Å². The first-order chi connectivity index (χ1) is 9.65. The maximum atomic E-state index is 10.8. The number of nitrogens with zero attached hydrogens (tertiary/aromatic N) is 1. The highest BCUT2D eigenvalue weighted by atomic mass is 16.6. The lowest BCUT2D eigenvalue weighted by atomic mass is 9.86. The molecule has 1 aliphatic rings. The number of hydrogen-bond acceptors (Lipinski definition) is 5. The Balaban J connectivity index is 2.14. The maximum Gasteiger partial charge on any atom is 0.311 e. The Morgan fingerprint density at radius 2 is 2.15 bits per heavy atom. The van der Waals surface area contributed by atoms with Gasteiger partial charge in [-0.1, -0.05) is 6.42 Å². The van der Waals surface area contributed by atoms with Gasteiger partial charge in [-0.2, -0.15) is 0 Å². The van der Waals surface area contributed by atoms with E-state index in [0.29, 0.717) is 18.2 Å². The fraction of sp³-hybridized carbons (Fsp3) is 0.571. The third-order valence-electron chi connectivity index (χ3n) is 3.78. The van der Waals surface area contributed by atoms with Crippen molar-refractivity contribution in [2.45, 2.75) is 31.8 Å². The molecule has 1 fully saturated rings. The van der Waals surface area contributed by atoms with E-state index in [-0.39, 0.29) is 17.5 Å². The van der Waals surface area contributed by atoms with E-state index in [4.69, 9.17) is 15.2 Å². The number of methoxy groups -OCH3 is 1. The van der Waals surface area contributed by atoms with Gasteiger partial charge in [0.1, 0.15) is 11.9 Å². The predicted molar refractivity (Wildman–Crippen MR) is 75.1 cm³/mol. The van der Waals surface area contributed by atoms with E-state index < -0.39 is 4.92 Å². The molecule has 20 heavy (non-hydrogen) atoms. The summed E-state index contributed by atoms with van der Waals surface area (Å²) in [6.45, 7) is 0.606. The molecule has 2 N–H and O–H groups in total. The zero-order valence-corrected chi connectivity index (χ0v) is 11.6. The summed E-state index contributed by atoms with van der Waals surface area (Å²) in [5.74, 6) is 1.16. The Labute approximate surface area is 118 Å². The van der Waals surface area contributed by atoms with E-state index in [1.807, 2.05) is 0 Å². The van der Waals surface area contributed by atoms with Crippen LogP contribution in [0, 0.1) is 16.0 Å². The molecule has 110 valence electrons. The van der Waals surface area contributed by atoms with Crippen molar-refractivity contribution in [3.63, 3.8) is 0 Å². The summed E-state index contributed by atoms with van der Waals surface area (Å²) in [7, 11) is 1.41. The van der Waals surface area contributed by atoms with E-state index in [1.165, 1.54) is 19.6 Å². The lowest BCUT2D eigenvalue weighted by Crippen LogP contribution is -2.35. The molecule has 0 amide bonds. The van der Waals surface area contributed by atoms with Gasteiger partial charge in [0.05, 0.1) is 12.0 Å². The second-order valence-electron chi connectivity index (χ2n) is 5.03. The Kier molecular flexibility index (Phi) is 4.79. The Morgan fingerprint density at radius 3 is 2.80 bits per heavy atom. The van der Waals surface area contributed by atoms with E-state index in [2.05, 4.69) is 0 Å². The number of hydrogen-bond donors (Lipinski definition) is 1. The average molecular weight is 280 g/mol. The van der Waals surface area contributed by atoms with Crippen LogP contribution in [-0.2, 0) is 0 Å². The van der Waals surface area contributed by atoms with Crippen molar-refractivity contribution >= 4 is 5.69 Å². The molecule has 1 aromatic carbocycles. The number of nitro benzene ring substituents is 1. The zero-order valence-electron chi connectivity index (χ0n) is 11.6. The fourth-order valence-electron chi connectivity index (χ4n) is 2.66. The number of nitrogens with two attached hydrogens (primary N) is 1. The topological polar surface area (TPSA) is 87.6 Å². The van der Waals surface area contributed by atoms with Gasteiger partial charge in [-0.15, -0.1) is 0 Å². The second kappa shape index (κ2) is 6.56. The average Bonchev–Trinajstić information content (AvgIpc) is 2.47. The first-order valence-corrected chi connectivity index (χ1v) is 6.85. The zero-order chi connectivity index (χ0) is 14.5. The van der Waals surface area contributed by atoms with E-state index >= 15 is 0 Å². The SMILES string of the molecule is COc1cc(OC2CCCCC2CN)ccc1[N+](=O)[O-]. The molecule has 0 bridgehead atoms. The summed E-state index contributed by atoms with van der Waals surface area (Å²) in [5.41, 5.74) is 5.72. The van der Waals surface area contributed by atoms with Crippen LogP contribution in [0.2, 0.25) is 0 Å². The largest absolute Gasteiger partial charge is 0.490 e. The molecule has 0 aliphatic heterocycles. The second-order valence-corrected chi connectivity index (χ2v) is 5.03. The van der Waals surface area contributed by atoms with Crippen LogP contribution in [-0.4, -0.2) is 24.7 Å². The molecule has 1 aromatic rings. The highest BCUT2D eigenvalue weighted by molar-refractivity contribution is 5.50. The highest BCUT2D eigenvalue weighted by Gasteiger charge is 2.26. The summed E-state index contributed by atoms with van der Waals surface area (Å²) in [6.07, 6.45) is 4.45. The molecule has 0 aromatic heterocycles. The van der Waals surface area contributed by atoms with Gasteiger partial charge in [0.25, 0.3) is 0 Å². The van der Waals surface area contributed by atoms with Crippen LogP contribution in [0.25, 0.3) is 0 Å². The Hall–Kier alpha value is -1.82. The van der Waals surface area contributed by atoms with Crippen LogP contribution in [0.3, 0.4) is 0 Å². The Bertz CT molecular complexity index is 478. The van der Waals surface area contributed by atoms with Crippen molar-refractivity contribution in [1.29, 1.82) is 0 Å². The molecule has 2 rings (SSSR count). The van der Waals surface area contributed by atoms with E-state index in [0.717, 1.165) is 19.3 Å². The monoisotopic (exact) mass is 280 g/mol. The summed E-state index contributed by atoms with van der Waals surface area (Å²) in [4.78, 5) is 10.4. The van der Waals surface area contributed by atoms with Crippen molar-refractivity contribution in [2.24, 2.45) is 11.7 Å². The normalized spacial score (nSPS) is 22.3. The van der Waals surface area contributed by atoms with Crippen LogP contribution < -0.4 is 15.2 Å². The summed E-state index contributed by atoms with van der Waals surface area (Å²) < 4.78 is 11.0. The minimum absolute atomic E-state index is 0.0566. The molecule has 0 spiro atoms. The molecule has 6 heteroatoms. The first-order valence-electron chi connectivity index (χ1n) is 6.85. The van der Waals surface area contributed by atoms with Crippen molar-refractivity contribution in [3.05, 3.63) is 28.3 Å². The van der Waals surface area contributed by atoms with Gasteiger partial charge >= 0.3 is 5.69 Å². The molecule has 1 aliphatic carbocycles. The van der Waals surface area contributed by atoms with Gasteiger partial charge in [0.2, 0.25) is 5.75 Å². The summed E-state index contributed by atoms with van der Waals surface area (Å²) in [6, 6.07) is 4.59. The van der Waals surface area contributed by atoms with Crippen LogP contribution >= 0.6 is 0 Å². The molecule has 0 heterocycles. The third kappa shape index (κ3) is 3.19. The predicted octanol–water partition coefficient (Wildman–Crippen LogP) is 2.50. The molecule has 0 saturated heterocycles. The quantitative estimate of drug-likeness (QED) is 0.661. The lowest BCUT2D eigenvalue weighted by molar-refractivity contribution is -0.385. The molecule has 2 atom stereocenters. The number of nitro groups is 1. The molecular weight excluding hydrogens is 260 g/mol. The maximum absolute atomic E-state index is 10.8. The van der Waals surface area contributed by atoms with Gasteiger partial charge in [0.15, 0.2) is 0 Å². The van der Waals surface area contributed by atoms with Crippen LogP contribution in [0.5, 0.6) is 11.5 Å². The van der Waals surface area contributed by atoms with Gasteiger partial charge in [-0.3, -0.25) is 10.1 Å². The number of ether oxygens (including phenoxy) is 2.